The van der Waals surface area contributed by atoms with E-state index in [9.17, 15) is 63.6 Å². The zero-order valence-corrected chi connectivity index (χ0v) is 71.2. The lowest BCUT2D eigenvalue weighted by molar-refractivity contribution is -0.341. The number of primary amides is 1. The van der Waals surface area contributed by atoms with E-state index in [-0.39, 0.29) is 84.7 Å². The Kier molecular flexibility index (Phi) is 27.8. The fraction of sp³-hybridized carbons (Fsp3) is 0.526. The molecule has 5 amide bonds. The standard InChI is InChI=1S/C95H117N5O22/c1-53(31-42-71(104)60-35-36-60)69-40-41-70-59(29-21-43-92(69,70)10)34-37-64-45-68(103)49-72(54(64)2)120-89(114)100-91(8,9)74(105)46-65(30-22-44-97-88(96)113)85(110)98-67-38-32-58(33-39-67)51-116-76(106)48-66-47-75-94(52-117-75,122-57(5)102)81-83(121-86(111)63-27-19-14-20-28-63)95(115)50-73(55(3)77(90(95,6)7)80(118-56(4)101)82(108)93(66,81)11)119-87(112)79(107)78(61-23-15-12-16-24-61)99-84(109)62-25-17-13-18-26-62/h12-20,23-28,31-34,37-39,42,53,60,65-66,68-73,75,78-81,83,103-104,107,115H,2,21-22,29-30,35-36,40-41,43-52H2,1,3-11H3,(H,98,110)(H,99,109)(H,100,114)(H3,96,97,113)/b42-31+,59-34+,64-37-/t53-,65?,66?,68+,69?,70?,71?,72-,73?,75?,78?,79?,80?,81?,83?,92+,93?,94?,95?/m0/s1. The van der Waals surface area contributed by atoms with E-state index in [1.54, 1.807) is 103 Å². The van der Waals surface area contributed by atoms with Gasteiger partial charge in [-0.1, -0.05) is 150 Å². The Bertz CT molecular complexity index is 4750. The van der Waals surface area contributed by atoms with Gasteiger partial charge >= 0.3 is 42.0 Å². The number of anilines is 1. The Morgan fingerprint density at radius 1 is 0.787 bits per heavy atom. The Balaban J connectivity index is 0.744. The van der Waals surface area contributed by atoms with E-state index in [0.29, 0.717) is 46.8 Å². The number of fused-ring (bicyclic) bond motifs is 6. The first kappa shape index (κ1) is 90.8. The van der Waals surface area contributed by atoms with Crippen LogP contribution in [-0.4, -0.2) is 165 Å². The SMILES string of the molecule is C=C1/C(=C\C=C2/CCC[C@@]3(C)C2CCC3[C@@H](C)/C=C/C(O)C2CC2)C[C@@H](O)C[C@@H]1OC(=O)NC(C)(C)C(=O)CC(CCCNC(N)=O)C(=O)Nc1ccc(COC(=O)CC2CC3OCC3(OC(C)=O)C3C(OC(=O)c4ccccc4)C4(O)CC(OC(=O)C(O)C(NC(=O)c5ccccc5)c5ccccc5)C(C)=C(C(OC(C)=O)C(=O)C23C)C4(C)C)cc1. The predicted molar refractivity (Wildman–Crippen MR) is 448 cm³/mol. The van der Waals surface area contributed by atoms with Crippen LogP contribution in [0.1, 0.15) is 203 Å². The van der Waals surface area contributed by atoms with E-state index < -0.39 is 179 Å². The number of hydrogen-bond acceptors (Lipinski definition) is 22. The van der Waals surface area contributed by atoms with Crippen LogP contribution in [0.4, 0.5) is 15.3 Å². The van der Waals surface area contributed by atoms with Crippen LogP contribution >= 0.6 is 0 Å². The van der Waals surface area contributed by atoms with Crippen molar-refractivity contribution in [2.75, 3.05) is 18.5 Å². The van der Waals surface area contributed by atoms with Crippen LogP contribution < -0.4 is 27.0 Å². The summed E-state index contributed by atoms with van der Waals surface area (Å²) < 4.78 is 43.7. The number of benzene rings is 4. The largest absolute Gasteiger partial charge is 0.461 e. The van der Waals surface area contributed by atoms with Crippen LogP contribution in [0.5, 0.6) is 0 Å². The first-order chi connectivity index (χ1) is 57.8. The summed E-state index contributed by atoms with van der Waals surface area (Å²) in [4.78, 5) is 157. The summed E-state index contributed by atoms with van der Waals surface area (Å²) in [5.74, 6) is -9.99. The van der Waals surface area contributed by atoms with Gasteiger partial charge in [-0.3, -0.25) is 33.6 Å². The molecule has 19 atom stereocenters. The summed E-state index contributed by atoms with van der Waals surface area (Å²) in [5.41, 5.74) is -0.685. The summed E-state index contributed by atoms with van der Waals surface area (Å²) in [7, 11) is 0. The number of nitrogens with two attached hydrogens (primary N) is 1. The van der Waals surface area contributed by atoms with Gasteiger partial charge in [-0.05, 0) is 196 Å². The molecule has 0 aromatic heterocycles. The minimum atomic E-state index is -2.55. The van der Waals surface area contributed by atoms with Gasteiger partial charge in [-0.15, -0.1) is 0 Å². The van der Waals surface area contributed by atoms with Crippen molar-refractivity contribution in [1.29, 1.82) is 0 Å². The molecule has 654 valence electrons. The highest BCUT2D eigenvalue weighted by Crippen LogP contribution is 2.67. The highest BCUT2D eigenvalue weighted by atomic mass is 16.6. The molecule has 1 saturated heterocycles. The topological polar surface area (TPSA) is 407 Å². The molecule has 0 radical (unpaired) electrons. The second-order valence-electron chi connectivity index (χ2n) is 36.2. The number of amides is 5. The predicted octanol–water partition coefficient (Wildman–Crippen LogP) is 11.7. The maximum atomic E-state index is 16.7. The summed E-state index contributed by atoms with van der Waals surface area (Å²) in [6, 6.07) is 28.0. The van der Waals surface area contributed by atoms with Gasteiger partial charge in [-0.2, -0.15) is 0 Å². The third-order valence-electron chi connectivity index (χ3n) is 27.6. The summed E-state index contributed by atoms with van der Waals surface area (Å²) in [5, 5.41) is 59.1. The zero-order chi connectivity index (χ0) is 88.1. The molecule has 122 heavy (non-hydrogen) atoms. The number of alkyl carbamates (subject to hydrolysis) is 1. The van der Waals surface area contributed by atoms with E-state index in [1.165, 1.54) is 59.2 Å². The second kappa shape index (κ2) is 37.3. The monoisotopic (exact) mass is 1680 g/mol. The maximum absolute atomic E-state index is 16.7. The van der Waals surface area contributed by atoms with E-state index in [2.05, 4.69) is 53.8 Å². The lowest BCUT2D eigenvalue weighted by Gasteiger charge is -2.68. The van der Waals surface area contributed by atoms with Gasteiger partial charge < -0.3 is 80.6 Å². The third-order valence-corrected chi connectivity index (χ3v) is 27.6. The van der Waals surface area contributed by atoms with Gasteiger partial charge in [0.15, 0.2) is 29.4 Å². The molecule has 1 heterocycles. The van der Waals surface area contributed by atoms with Gasteiger partial charge in [0.05, 0.1) is 41.9 Å². The Morgan fingerprint density at radius 3 is 2.08 bits per heavy atom. The van der Waals surface area contributed by atoms with Crippen molar-refractivity contribution in [2.45, 2.75) is 244 Å². The van der Waals surface area contributed by atoms with Gasteiger partial charge in [0, 0.05) is 74.1 Å². The molecular weight excluding hydrogens is 1560 g/mol. The molecule has 4 aromatic carbocycles. The minimum Gasteiger partial charge on any atom is -0.461 e. The van der Waals surface area contributed by atoms with Gasteiger partial charge in [0.1, 0.15) is 36.6 Å². The number of rotatable bonds is 30. The number of Topliss-reactive ketones (excluding diaryl/α,β-unsaturated/α-hetero) is 2. The number of hydrogen-bond donors (Lipinski definition) is 9. The Labute approximate surface area is 711 Å². The molecule has 7 aliphatic carbocycles. The third kappa shape index (κ3) is 19.3. The smallest absolute Gasteiger partial charge is 0.408 e. The molecular formula is C95H117N5O22. The minimum absolute atomic E-state index is 0.00507. The average Bonchev–Trinajstić information content (AvgIpc) is 0.797. The molecule has 2 bridgehead atoms. The van der Waals surface area contributed by atoms with Crippen molar-refractivity contribution in [3.63, 3.8) is 0 Å². The van der Waals surface area contributed by atoms with Crippen LogP contribution in [0.25, 0.3) is 0 Å². The van der Waals surface area contributed by atoms with E-state index in [1.807, 2.05) is 12.2 Å². The molecule has 4 aromatic rings. The van der Waals surface area contributed by atoms with Crippen molar-refractivity contribution in [2.24, 2.45) is 63.4 Å². The molecule has 1 aliphatic heterocycles. The average molecular weight is 1680 g/mol. The number of aliphatic hydroxyl groups is 4. The molecule has 12 rings (SSSR count). The number of ketones is 2. The van der Waals surface area contributed by atoms with Crippen LogP contribution in [0.2, 0.25) is 0 Å². The number of carbonyl (C=O) groups excluding carboxylic acids is 11. The second-order valence-corrected chi connectivity index (χ2v) is 36.2. The normalized spacial score (nSPS) is 29.7. The van der Waals surface area contributed by atoms with Crippen LogP contribution in [0.3, 0.4) is 0 Å². The number of allylic oxidation sites excluding steroid dienone is 4. The van der Waals surface area contributed by atoms with Crippen molar-refractivity contribution in [1.82, 2.24) is 16.0 Å². The molecule has 27 nitrogen and oxygen atoms in total. The fourth-order valence-electron chi connectivity index (χ4n) is 20.5. The number of esters is 5. The fourth-order valence-corrected chi connectivity index (χ4v) is 20.5. The molecule has 15 unspecified atom stereocenters. The van der Waals surface area contributed by atoms with E-state index in [4.69, 9.17) is 38.9 Å². The lowest BCUT2D eigenvalue weighted by atomic mass is 9.42. The molecule has 8 aliphatic rings. The van der Waals surface area contributed by atoms with E-state index >= 15 is 9.59 Å². The Morgan fingerprint density at radius 2 is 1.45 bits per heavy atom. The van der Waals surface area contributed by atoms with Crippen LogP contribution in [-0.2, 0) is 73.3 Å². The van der Waals surface area contributed by atoms with E-state index in [0.717, 1.165) is 64.4 Å². The highest BCUT2D eigenvalue weighted by molar-refractivity contribution is 5.99. The van der Waals surface area contributed by atoms with Crippen molar-refractivity contribution < 1.29 is 106 Å². The van der Waals surface area contributed by atoms with Crippen LogP contribution in [0, 0.1) is 57.7 Å². The summed E-state index contributed by atoms with van der Waals surface area (Å²) in [6.45, 7) is 19.5. The first-order valence-electron chi connectivity index (χ1n) is 42.6. The van der Waals surface area contributed by atoms with Gasteiger partial charge in [0.25, 0.3) is 5.91 Å². The molecule has 0 spiro atoms. The quantitative estimate of drug-likeness (QED) is 0.0101. The van der Waals surface area contributed by atoms with Crippen molar-refractivity contribution >= 4 is 71.0 Å². The zero-order valence-electron chi connectivity index (χ0n) is 71.2. The first-order valence-corrected chi connectivity index (χ1v) is 42.6. The van der Waals surface area contributed by atoms with Gasteiger partial charge in [-0.25, -0.2) is 19.2 Å². The molecule has 6 saturated carbocycles. The number of urea groups is 1. The lowest BCUT2D eigenvalue weighted by Crippen LogP contribution is -2.81. The summed E-state index contributed by atoms with van der Waals surface area (Å²) >= 11 is 0. The Hall–Kier alpha value is -10.5. The maximum Gasteiger partial charge on any atom is 0.408 e. The van der Waals surface area contributed by atoms with Crippen LogP contribution in [0.15, 0.2) is 174 Å². The van der Waals surface area contributed by atoms with Crippen molar-refractivity contribution in [3.8, 4) is 0 Å². The number of aliphatic hydroxyl groups excluding tert-OH is 3. The molecule has 7 fully saturated rings. The number of carbonyl (C=O) groups is 11. The number of ether oxygens (including phenoxy) is 7. The van der Waals surface area contributed by atoms with Crippen molar-refractivity contribution in [3.05, 3.63) is 196 Å². The molecule has 27 heteroatoms. The summed E-state index contributed by atoms with van der Waals surface area (Å²) in [6.07, 6.45) is 2.84. The number of nitrogens with one attached hydrogen (secondary N) is 4. The molecule has 10 N–H and O–H groups in total. The van der Waals surface area contributed by atoms with Gasteiger partial charge in [0.2, 0.25) is 5.91 Å². The highest BCUT2D eigenvalue weighted by Gasteiger charge is 2.78.